The van der Waals surface area contributed by atoms with Gasteiger partial charge in [-0.05, 0) is 67.5 Å². The van der Waals surface area contributed by atoms with Crippen molar-refractivity contribution in [2.45, 2.75) is 37.9 Å². The first-order valence-electron chi connectivity index (χ1n) is 12.5. The summed E-state index contributed by atoms with van der Waals surface area (Å²) in [5, 5.41) is 1.15. The monoisotopic (exact) mass is 529 g/mol. The van der Waals surface area contributed by atoms with Crippen LogP contribution in [0.2, 0.25) is 0 Å². The van der Waals surface area contributed by atoms with Gasteiger partial charge in [-0.15, -0.1) is 11.3 Å². The molecule has 2 aromatic heterocycles. The molecule has 1 N–H and O–H groups in total. The van der Waals surface area contributed by atoms with Gasteiger partial charge < -0.3 is 4.74 Å². The van der Waals surface area contributed by atoms with Gasteiger partial charge in [0.05, 0.1) is 21.7 Å². The molecule has 0 saturated heterocycles. The van der Waals surface area contributed by atoms with Gasteiger partial charge in [0.15, 0.2) is 0 Å². The van der Waals surface area contributed by atoms with Gasteiger partial charge in [0.2, 0.25) is 0 Å². The number of amides is 1. The molecule has 2 aliphatic rings. The molecule has 1 saturated carbocycles. The highest BCUT2D eigenvalue weighted by molar-refractivity contribution is 7.84. The predicted molar refractivity (Wildman–Crippen MR) is 147 cm³/mol. The quantitative estimate of drug-likeness (QED) is 0.340. The van der Waals surface area contributed by atoms with Crippen LogP contribution in [0.3, 0.4) is 0 Å². The molecule has 6 nitrogen and oxygen atoms in total. The van der Waals surface area contributed by atoms with Crippen molar-refractivity contribution in [3.05, 3.63) is 88.8 Å². The average Bonchev–Trinajstić information content (AvgIpc) is 3.69. The van der Waals surface area contributed by atoms with Gasteiger partial charge in [0.25, 0.3) is 5.91 Å². The Morgan fingerprint density at radius 2 is 1.92 bits per heavy atom. The summed E-state index contributed by atoms with van der Waals surface area (Å²) in [6.45, 7) is 2.63. The Kier molecular flexibility index (Phi) is 6.61. The molecule has 8 heteroatoms. The molecule has 2 aromatic carbocycles. The highest BCUT2D eigenvalue weighted by atomic mass is 32.2. The molecule has 1 aliphatic heterocycles. The lowest BCUT2D eigenvalue weighted by atomic mass is 9.90. The molecule has 0 spiro atoms. The van der Waals surface area contributed by atoms with Crippen LogP contribution in [0, 0.1) is 12.8 Å². The van der Waals surface area contributed by atoms with Gasteiger partial charge in [0, 0.05) is 35.1 Å². The maximum atomic E-state index is 12.8. The van der Waals surface area contributed by atoms with Gasteiger partial charge in [-0.2, -0.15) is 0 Å². The number of rotatable bonds is 7. The molecule has 3 heterocycles. The SMILES string of the molecule is Cc1ncc(-c2ccc(C[C@H]3COc4cc(-c5ccccc5C(=O)NS(=O)C5CC5)ccc4C3)nc2)s1. The standard InChI is InChI=1S/C29H27N3O3S2/c1-18-30-16-28(36-18)22-8-9-23(31-15-22)13-19-12-21-7-6-20(14-27(21)35-17-19)25-4-2-3-5-26(25)29(33)32-37(34)24-10-11-24/h2-9,14-16,19,24H,10-13,17H2,1H3,(H,32,33)/t19-,37?/m0/s1. The number of nitrogens with zero attached hydrogens (tertiary/aromatic N) is 2. The fourth-order valence-corrected chi connectivity index (χ4v) is 6.45. The second-order valence-corrected chi connectivity index (χ2v) is 12.4. The molecule has 1 aliphatic carbocycles. The zero-order chi connectivity index (χ0) is 25.4. The fraction of sp³-hybridized carbons (Fsp3) is 0.276. The summed E-state index contributed by atoms with van der Waals surface area (Å²) < 4.78 is 21.1. The van der Waals surface area contributed by atoms with Crippen LogP contribution in [-0.2, 0) is 23.8 Å². The number of aromatic nitrogens is 2. The third-order valence-corrected chi connectivity index (χ3v) is 9.21. The first-order chi connectivity index (χ1) is 18.0. The van der Waals surface area contributed by atoms with Crippen molar-refractivity contribution in [2.75, 3.05) is 6.61 Å². The van der Waals surface area contributed by atoms with Gasteiger partial charge in [-0.1, -0.05) is 36.4 Å². The lowest BCUT2D eigenvalue weighted by Gasteiger charge is -2.26. The number of carbonyl (C=O) groups is 1. The highest BCUT2D eigenvalue weighted by Crippen LogP contribution is 2.35. The first kappa shape index (κ1) is 24.0. The third kappa shape index (κ3) is 5.36. The topological polar surface area (TPSA) is 81.2 Å². The summed E-state index contributed by atoms with van der Waals surface area (Å²) in [4.78, 5) is 23.0. The summed E-state index contributed by atoms with van der Waals surface area (Å²) in [5.41, 5.74) is 5.56. The van der Waals surface area contributed by atoms with E-state index in [4.69, 9.17) is 9.72 Å². The van der Waals surface area contributed by atoms with E-state index >= 15 is 0 Å². The predicted octanol–water partition coefficient (Wildman–Crippen LogP) is 5.53. The van der Waals surface area contributed by atoms with Crippen molar-refractivity contribution in [2.24, 2.45) is 5.92 Å². The number of hydrogen-bond donors (Lipinski definition) is 1. The largest absolute Gasteiger partial charge is 0.493 e. The van der Waals surface area contributed by atoms with Crippen molar-refractivity contribution >= 4 is 28.2 Å². The van der Waals surface area contributed by atoms with Crippen LogP contribution in [-0.4, -0.2) is 31.9 Å². The van der Waals surface area contributed by atoms with Crippen molar-refractivity contribution in [3.8, 4) is 27.3 Å². The molecule has 6 rings (SSSR count). The van der Waals surface area contributed by atoms with E-state index < -0.39 is 11.0 Å². The van der Waals surface area contributed by atoms with Crippen molar-refractivity contribution in [1.29, 1.82) is 0 Å². The second-order valence-electron chi connectivity index (χ2n) is 9.66. The van der Waals surface area contributed by atoms with Gasteiger partial charge >= 0.3 is 0 Å². The van der Waals surface area contributed by atoms with Gasteiger partial charge in [-0.3, -0.25) is 14.5 Å². The van der Waals surface area contributed by atoms with E-state index in [0.29, 0.717) is 18.1 Å². The smallest absolute Gasteiger partial charge is 0.263 e. The van der Waals surface area contributed by atoms with Gasteiger partial charge in [0.1, 0.15) is 16.7 Å². The number of thiazole rings is 1. The summed E-state index contributed by atoms with van der Waals surface area (Å²) >= 11 is 1.68. The van der Waals surface area contributed by atoms with E-state index in [1.165, 1.54) is 0 Å². The number of benzene rings is 2. The molecule has 2 atom stereocenters. The van der Waals surface area contributed by atoms with E-state index in [1.54, 1.807) is 17.4 Å². The van der Waals surface area contributed by atoms with E-state index in [-0.39, 0.29) is 11.2 Å². The third-order valence-electron chi connectivity index (χ3n) is 6.78. The lowest BCUT2D eigenvalue weighted by Crippen LogP contribution is -2.28. The zero-order valence-electron chi connectivity index (χ0n) is 20.5. The number of ether oxygens (including phenoxy) is 1. The highest BCUT2D eigenvalue weighted by Gasteiger charge is 2.30. The maximum Gasteiger partial charge on any atom is 0.263 e. The van der Waals surface area contributed by atoms with Crippen LogP contribution >= 0.6 is 11.3 Å². The van der Waals surface area contributed by atoms with Crippen LogP contribution in [0.25, 0.3) is 21.6 Å². The number of fused-ring (bicyclic) bond motifs is 1. The van der Waals surface area contributed by atoms with Crippen molar-refractivity contribution in [1.82, 2.24) is 14.7 Å². The normalized spacial score (nSPS) is 17.5. The summed E-state index contributed by atoms with van der Waals surface area (Å²) in [6, 6.07) is 17.8. The number of hydrogen-bond acceptors (Lipinski definition) is 6. The molecule has 0 bridgehead atoms. The molecular formula is C29H27N3O3S2. The number of nitrogens with one attached hydrogen (secondary N) is 1. The number of aryl methyl sites for hydroxylation is 1. The summed E-state index contributed by atoms with van der Waals surface area (Å²) in [7, 11) is -1.32. The zero-order valence-corrected chi connectivity index (χ0v) is 22.1. The minimum atomic E-state index is -1.32. The number of pyridine rings is 1. The van der Waals surface area contributed by atoms with Crippen molar-refractivity contribution < 1.29 is 13.7 Å². The Bertz CT molecular complexity index is 1480. The van der Waals surface area contributed by atoms with E-state index in [1.807, 2.05) is 49.6 Å². The molecule has 4 aromatic rings. The van der Waals surface area contributed by atoms with Crippen LogP contribution in [0.5, 0.6) is 5.75 Å². The first-order valence-corrected chi connectivity index (χ1v) is 14.5. The molecule has 188 valence electrons. The Labute approximate surface area is 222 Å². The summed E-state index contributed by atoms with van der Waals surface area (Å²) in [6.07, 6.45) is 7.41. The van der Waals surface area contributed by atoms with E-state index in [2.05, 4.69) is 27.9 Å². The van der Waals surface area contributed by atoms with E-state index in [0.717, 1.165) is 69.3 Å². The van der Waals surface area contributed by atoms with Crippen LogP contribution < -0.4 is 9.46 Å². The maximum absolute atomic E-state index is 12.8. The average molecular weight is 530 g/mol. The second kappa shape index (κ2) is 10.2. The van der Waals surface area contributed by atoms with E-state index in [9.17, 15) is 9.00 Å². The number of carbonyl (C=O) groups excluding carboxylic acids is 1. The molecule has 1 amide bonds. The van der Waals surface area contributed by atoms with Crippen LogP contribution in [0.4, 0.5) is 0 Å². The Morgan fingerprint density at radius 1 is 1.08 bits per heavy atom. The Hall–Kier alpha value is -3.36. The Balaban J connectivity index is 1.15. The molecule has 0 radical (unpaired) electrons. The molecule has 1 unspecified atom stereocenters. The Morgan fingerprint density at radius 3 is 2.68 bits per heavy atom. The molecule has 37 heavy (non-hydrogen) atoms. The molecule has 1 fully saturated rings. The molecular weight excluding hydrogens is 502 g/mol. The fourth-order valence-electron chi connectivity index (χ4n) is 4.66. The minimum Gasteiger partial charge on any atom is -0.493 e. The van der Waals surface area contributed by atoms with Crippen LogP contribution in [0.1, 0.15) is 39.5 Å². The summed E-state index contributed by atoms with van der Waals surface area (Å²) in [5.74, 6) is 0.899. The van der Waals surface area contributed by atoms with Crippen LogP contribution in [0.15, 0.2) is 67.0 Å². The lowest BCUT2D eigenvalue weighted by molar-refractivity contribution is 0.0983. The minimum absolute atomic E-state index is 0.0944. The van der Waals surface area contributed by atoms with Crippen molar-refractivity contribution in [3.63, 3.8) is 0 Å². The van der Waals surface area contributed by atoms with Gasteiger partial charge in [-0.25, -0.2) is 9.19 Å².